The molecule has 4 saturated heterocycles. The highest BCUT2D eigenvalue weighted by Gasteiger charge is 2.56. The van der Waals surface area contributed by atoms with Crippen LogP contribution in [0.4, 0.5) is 0 Å². The second-order valence-corrected chi connectivity index (χ2v) is 18.2. The summed E-state index contributed by atoms with van der Waals surface area (Å²) in [6.45, 7) is 20.6. The zero-order chi connectivity index (χ0) is 45.3. The van der Waals surface area contributed by atoms with Gasteiger partial charge >= 0.3 is 0 Å². The Morgan fingerprint density at radius 3 is 1.78 bits per heavy atom. The van der Waals surface area contributed by atoms with E-state index in [-0.39, 0.29) is 30.1 Å². The van der Waals surface area contributed by atoms with Crippen molar-refractivity contribution in [2.75, 3.05) is 39.6 Å². The van der Waals surface area contributed by atoms with Gasteiger partial charge in [0.25, 0.3) is 0 Å². The van der Waals surface area contributed by atoms with E-state index in [1.807, 2.05) is 55.5 Å². The topological polar surface area (TPSA) is 111 Å². The molecular formula is C52H82O12. The predicted octanol–water partition coefficient (Wildman–Crippen LogP) is 9.75. The third-order valence-corrected chi connectivity index (χ3v) is 13.2. The third kappa shape index (κ3) is 13.8. The predicted molar refractivity (Wildman–Crippen MR) is 245 cm³/mol. The zero-order valence-electron chi connectivity index (χ0n) is 40.2. The summed E-state index contributed by atoms with van der Waals surface area (Å²) in [6.07, 6.45) is 1.19. The third-order valence-electron chi connectivity index (χ3n) is 13.2. The average Bonchev–Trinajstić information content (AvgIpc) is 3.31. The standard InChI is InChI=1S/C52H82O12/c1-9-14-28-53-33-41-45(55-30-16-11-3)47(56-31-17-12-4)49(64-50-36(7)43(35(6)40(13-5)60-50)57-32-38-24-20-18-21-25-38)52(61-41)63-48-44(54-29-15-10-2)37(8)59-42-34-58-51(62-46(42)48)39-26-22-19-23-27-39/h18-27,35-37,40-52H,9-17,28-34H2,1-8H3/t35-,36?,37-,40?,41?,42?,43+,44?,45-,46-,47+,48-,49?,50-,51?,52-/m1/s1. The summed E-state index contributed by atoms with van der Waals surface area (Å²) in [5.41, 5.74) is 2.05. The maximum Gasteiger partial charge on any atom is 0.187 e. The van der Waals surface area contributed by atoms with Crippen LogP contribution < -0.4 is 0 Å². The van der Waals surface area contributed by atoms with Crippen LogP contribution in [0.15, 0.2) is 60.7 Å². The number of rotatable bonds is 26. The molecule has 12 heteroatoms. The molecule has 12 nitrogen and oxygen atoms in total. The van der Waals surface area contributed by atoms with Gasteiger partial charge in [0.05, 0.1) is 38.1 Å². The minimum atomic E-state index is -0.953. The normalized spacial score (nSPS) is 35.6. The first-order valence-electron chi connectivity index (χ1n) is 25.0. The van der Waals surface area contributed by atoms with E-state index in [0.29, 0.717) is 46.2 Å². The Kier molecular flexibility index (Phi) is 21.7. The number of unbranched alkanes of at least 4 members (excludes halogenated alkanes) is 4. The number of fused-ring (bicyclic) bond motifs is 1. The molecule has 7 unspecified atom stereocenters. The Labute approximate surface area is 384 Å². The van der Waals surface area contributed by atoms with Gasteiger partial charge in [0.2, 0.25) is 0 Å². The van der Waals surface area contributed by atoms with Crippen molar-refractivity contribution in [1.29, 1.82) is 0 Å². The molecule has 0 aromatic heterocycles. The molecule has 16 atom stereocenters. The van der Waals surface area contributed by atoms with Crippen LogP contribution >= 0.6 is 0 Å². The fourth-order valence-electron chi connectivity index (χ4n) is 9.39. The molecule has 64 heavy (non-hydrogen) atoms. The molecular weight excluding hydrogens is 817 g/mol. The fourth-order valence-corrected chi connectivity index (χ4v) is 9.39. The highest BCUT2D eigenvalue weighted by atomic mass is 16.8. The van der Waals surface area contributed by atoms with E-state index < -0.39 is 67.7 Å². The molecule has 0 saturated carbocycles. The lowest BCUT2D eigenvalue weighted by Gasteiger charge is -2.53. The quantitative estimate of drug-likeness (QED) is 0.0839. The fraction of sp³-hybridized carbons (Fsp3) is 0.769. The lowest BCUT2D eigenvalue weighted by atomic mass is 9.84. The first-order chi connectivity index (χ1) is 31.3. The molecule has 4 aliphatic heterocycles. The second-order valence-electron chi connectivity index (χ2n) is 18.2. The van der Waals surface area contributed by atoms with Crippen LogP contribution in [0.1, 0.15) is 131 Å². The minimum Gasteiger partial charge on any atom is -0.379 e. The first-order valence-corrected chi connectivity index (χ1v) is 25.0. The van der Waals surface area contributed by atoms with Crippen molar-refractivity contribution in [1.82, 2.24) is 0 Å². The van der Waals surface area contributed by atoms with Crippen molar-refractivity contribution in [2.45, 2.75) is 206 Å². The van der Waals surface area contributed by atoms with Gasteiger partial charge in [-0.3, -0.25) is 0 Å². The highest BCUT2D eigenvalue weighted by molar-refractivity contribution is 5.17. The van der Waals surface area contributed by atoms with Gasteiger partial charge in [-0.1, -0.05) is 135 Å². The molecule has 362 valence electrons. The van der Waals surface area contributed by atoms with Crippen molar-refractivity contribution in [2.24, 2.45) is 11.8 Å². The van der Waals surface area contributed by atoms with Gasteiger partial charge in [0.1, 0.15) is 48.8 Å². The van der Waals surface area contributed by atoms with Gasteiger partial charge in [-0.25, -0.2) is 0 Å². The maximum atomic E-state index is 7.45. The van der Waals surface area contributed by atoms with Crippen molar-refractivity contribution in [3.05, 3.63) is 71.8 Å². The average molecular weight is 899 g/mol. The molecule has 0 bridgehead atoms. The highest BCUT2D eigenvalue weighted by Crippen LogP contribution is 2.41. The van der Waals surface area contributed by atoms with Crippen LogP contribution in [0.5, 0.6) is 0 Å². The molecule has 4 heterocycles. The summed E-state index contributed by atoms with van der Waals surface area (Å²) in [5, 5.41) is 0. The lowest BCUT2D eigenvalue weighted by Crippen LogP contribution is -2.67. The van der Waals surface area contributed by atoms with Crippen LogP contribution in [0.2, 0.25) is 0 Å². The molecule has 4 fully saturated rings. The van der Waals surface area contributed by atoms with Crippen LogP contribution in [0.25, 0.3) is 0 Å². The van der Waals surface area contributed by atoms with Crippen molar-refractivity contribution < 1.29 is 56.8 Å². The second kappa shape index (κ2) is 27.1. The summed E-state index contributed by atoms with van der Waals surface area (Å²) in [6, 6.07) is 20.3. The molecule has 4 aliphatic rings. The van der Waals surface area contributed by atoms with Crippen LogP contribution in [-0.4, -0.2) is 119 Å². The zero-order valence-corrected chi connectivity index (χ0v) is 40.2. The number of ether oxygens (including phenoxy) is 12. The van der Waals surface area contributed by atoms with Crippen LogP contribution in [-0.2, 0) is 63.4 Å². The van der Waals surface area contributed by atoms with Crippen LogP contribution in [0.3, 0.4) is 0 Å². The molecule has 0 aliphatic carbocycles. The van der Waals surface area contributed by atoms with Gasteiger partial charge in [-0.05, 0) is 44.6 Å². The molecule has 0 spiro atoms. The van der Waals surface area contributed by atoms with Gasteiger partial charge in [-0.2, -0.15) is 0 Å². The summed E-state index contributed by atoms with van der Waals surface area (Å²) >= 11 is 0. The Hall–Kier alpha value is -2.04. The number of hydrogen-bond donors (Lipinski definition) is 0. The van der Waals surface area contributed by atoms with E-state index in [4.69, 9.17) is 56.8 Å². The molecule has 6 rings (SSSR count). The Balaban J connectivity index is 1.38. The van der Waals surface area contributed by atoms with Crippen LogP contribution in [0, 0.1) is 11.8 Å². The van der Waals surface area contributed by atoms with Crippen molar-refractivity contribution in [3.63, 3.8) is 0 Å². The summed E-state index contributed by atoms with van der Waals surface area (Å²) in [5.74, 6) is -0.00871. The first kappa shape index (κ1) is 51.4. The van der Waals surface area contributed by atoms with Gasteiger partial charge in [-0.15, -0.1) is 0 Å². The van der Waals surface area contributed by atoms with Crippen molar-refractivity contribution >= 4 is 0 Å². The van der Waals surface area contributed by atoms with Crippen molar-refractivity contribution in [3.8, 4) is 0 Å². The Morgan fingerprint density at radius 2 is 1.12 bits per heavy atom. The van der Waals surface area contributed by atoms with E-state index in [9.17, 15) is 0 Å². The van der Waals surface area contributed by atoms with Gasteiger partial charge in [0, 0.05) is 43.8 Å². The Bertz CT molecular complexity index is 1540. The van der Waals surface area contributed by atoms with Gasteiger partial charge < -0.3 is 56.8 Å². The van der Waals surface area contributed by atoms with E-state index in [1.54, 1.807) is 0 Å². The van der Waals surface area contributed by atoms with E-state index in [2.05, 4.69) is 60.6 Å². The monoisotopic (exact) mass is 899 g/mol. The summed E-state index contributed by atoms with van der Waals surface area (Å²) in [4.78, 5) is 0. The minimum absolute atomic E-state index is 0.0966. The van der Waals surface area contributed by atoms with Gasteiger partial charge in [0.15, 0.2) is 18.9 Å². The number of hydrogen-bond acceptors (Lipinski definition) is 12. The Morgan fingerprint density at radius 1 is 0.531 bits per heavy atom. The molecule has 2 aromatic rings. The largest absolute Gasteiger partial charge is 0.379 e. The molecule has 0 amide bonds. The smallest absolute Gasteiger partial charge is 0.187 e. The molecule has 2 aromatic carbocycles. The van der Waals surface area contributed by atoms with E-state index in [1.165, 1.54) is 0 Å². The molecule has 0 radical (unpaired) electrons. The van der Waals surface area contributed by atoms with E-state index >= 15 is 0 Å². The number of benzene rings is 2. The summed E-state index contributed by atoms with van der Waals surface area (Å²) < 4.78 is 82.5. The molecule has 0 N–H and O–H groups in total. The van der Waals surface area contributed by atoms with E-state index in [0.717, 1.165) is 68.9 Å². The maximum absolute atomic E-state index is 7.45. The SMILES string of the molecule is CCCCOCC1O[C@H](O[C@@H]2C(OCCCC)[C@@H](C)OC3COC(c4ccccc4)O[C@H]32)C(O[C@H]2OC(CC)[C@@H](C)[C@H](OCc3ccccc3)C2C)[C@@H](OCCCC)[C@@H]1OCCCC. The summed E-state index contributed by atoms with van der Waals surface area (Å²) in [7, 11) is 0. The lowest BCUT2D eigenvalue weighted by molar-refractivity contribution is -0.396.